The largest absolute Gasteiger partial charge is 0.450 e. The Morgan fingerprint density at radius 1 is 1.07 bits per heavy atom. The fraction of sp³-hybridized carbons (Fsp3) is 0.316. The summed E-state index contributed by atoms with van der Waals surface area (Å²) in [5.74, 6) is -1.20. The maximum Gasteiger partial charge on any atom is 0.414 e. The van der Waals surface area contributed by atoms with Crippen molar-refractivity contribution in [2.45, 2.75) is 25.7 Å². The molecule has 0 aliphatic heterocycles. The molecule has 0 saturated heterocycles. The molecule has 1 aromatic carbocycles. The Balaban J connectivity index is 2.26. The van der Waals surface area contributed by atoms with Gasteiger partial charge in [0.05, 0.1) is 17.1 Å². The Kier molecular flexibility index (Phi) is 7.34. The Morgan fingerprint density at radius 2 is 1.67 bits per heavy atom. The molecule has 30 heavy (non-hydrogen) atoms. The highest BCUT2D eigenvalue weighted by atomic mass is 32.2. The van der Waals surface area contributed by atoms with Gasteiger partial charge in [0.2, 0.25) is 10.0 Å². The first-order valence-corrected chi connectivity index (χ1v) is 11.2. The summed E-state index contributed by atoms with van der Waals surface area (Å²) in [7, 11) is -0.774. The molecular weight excluding hydrogens is 430 g/mol. The van der Waals surface area contributed by atoms with Crippen molar-refractivity contribution < 1.29 is 27.5 Å². The predicted octanol–water partition coefficient (Wildman–Crippen LogP) is 2.75. The van der Waals surface area contributed by atoms with Gasteiger partial charge in [0.1, 0.15) is 5.00 Å². The van der Waals surface area contributed by atoms with Crippen LogP contribution in [0, 0.1) is 13.8 Å². The van der Waals surface area contributed by atoms with E-state index in [4.69, 9.17) is 4.74 Å². The van der Waals surface area contributed by atoms with Crippen LogP contribution >= 0.6 is 11.3 Å². The molecule has 0 aliphatic rings. The molecule has 0 saturated carbocycles. The fourth-order valence-electron chi connectivity index (χ4n) is 2.48. The number of aryl methyl sites for hydroxylation is 1. The third-order valence-corrected chi connectivity index (χ3v) is 7.18. The van der Waals surface area contributed by atoms with Crippen molar-refractivity contribution in [2.24, 2.45) is 0 Å². The number of nitrogens with zero attached hydrogens (tertiary/aromatic N) is 1. The number of thiophene rings is 1. The highest BCUT2D eigenvalue weighted by Crippen LogP contribution is 2.32. The second-order valence-corrected chi connectivity index (χ2v) is 9.80. The van der Waals surface area contributed by atoms with Crippen LogP contribution in [0.4, 0.5) is 9.80 Å². The van der Waals surface area contributed by atoms with Gasteiger partial charge < -0.3 is 10.1 Å². The summed E-state index contributed by atoms with van der Waals surface area (Å²) in [5, 5.41) is 5.07. The van der Waals surface area contributed by atoms with Crippen LogP contribution < -0.4 is 10.6 Å². The van der Waals surface area contributed by atoms with Crippen molar-refractivity contribution in [1.29, 1.82) is 0 Å². The van der Waals surface area contributed by atoms with E-state index in [0.717, 1.165) is 9.18 Å². The van der Waals surface area contributed by atoms with Crippen LogP contribution in [0.1, 0.15) is 38.1 Å². The highest BCUT2D eigenvalue weighted by Gasteiger charge is 2.24. The van der Waals surface area contributed by atoms with Crippen LogP contribution in [0.3, 0.4) is 0 Å². The number of anilines is 1. The van der Waals surface area contributed by atoms with E-state index in [2.05, 4.69) is 10.6 Å². The number of benzene rings is 1. The molecule has 1 heterocycles. The number of hydrogen-bond donors (Lipinski definition) is 2. The molecule has 162 valence electrons. The van der Waals surface area contributed by atoms with E-state index in [9.17, 15) is 22.8 Å². The lowest BCUT2D eigenvalue weighted by atomic mass is 10.1. The zero-order valence-corrected chi connectivity index (χ0v) is 18.9. The lowest BCUT2D eigenvalue weighted by Gasteiger charge is -2.12. The van der Waals surface area contributed by atoms with E-state index in [1.54, 1.807) is 20.8 Å². The number of carbonyl (C=O) groups is 3. The van der Waals surface area contributed by atoms with Gasteiger partial charge in [-0.25, -0.2) is 17.5 Å². The van der Waals surface area contributed by atoms with E-state index in [-0.39, 0.29) is 27.6 Å². The first kappa shape index (κ1) is 23.5. The molecule has 2 aromatic rings. The van der Waals surface area contributed by atoms with Crippen LogP contribution in [0.2, 0.25) is 0 Å². The smallest absolute Gasteiger partial charge is 0.414 e. The molecule has 2 rings (SSSR count). The SMILES string of the molecule is CCOC(=O)NC(=O)c1c(NC(=O)c2ccc(S(=O)(=O)N(C)C)cc2)sc(C)c1C. The van der Waals surface area contributed by atoms with Gasteiger partial charge in [-0.15, -0.1) is 11.3 Å². The van der Waals surface area contributed by atoms with Gasteiger partial charge in [-0.2, -0.15) is 0 Å². The molecule has 0 spiro atoms. The summed E-state index contributed by atoms with van der Waals surface area (Å²) >= 11 is 1.20. The number of sulfonamides is 1. The van der Waals surface area contributed by atoms with Gasteiger partial charge in [0.15, 0.2) is 0 Å². The maximum atomic E-state index is 12.6. The Hall–Kier alpha value is -2.76. The Morgan fingerprint density at radius 3 is 2.20 bits per heavy atom. The second kappa shape index (κ2) is 9.37. The van der Waals surface area contributed by atoms with Crippen molar-refractivity contribution in [2.75, 3.05) is 26.0 Å². The monoisotopic (exact) mass is 453 g/mol. The van der Waals surface area contributed by atoms with Crippen LogP contribution in [-0.4, -0.2) is 51.3 Å². The molecule has 0 atom stereocenters. The van der Waals surface area contributed by atoms with E-state index in [1.807, 2.05) is 0 Å². The standard InChI is InChI=1S/C19H23N3O6S2/c1-6-28-19(25)21-17(24)15-11(2)12(3)29-18(15)20-16(23)13-7-9-14(10-8-13)30(26,27)22(4)5/h7-10H,6H2,1-5H3,(H,20,23)(H,21,24,25). The minimum absolute atomic E-state index is 0.0568. The first-order chi connectivity index (χ1) is 14.0. The van der Waals surface area contributed by atoms with Gasteiger partial charge in [-0.05, 0) is 50.6 Å². The van der Waals surface area contributed by atoms with Crippen molar-refractivity contribution in [3.63, 3.8) is 0 Å². The van der Waals surface area contributed by atoms with Gasteiger partial charge in [0.25, 0.3) is 11.8 Å². The molecule has 3 amide bonds. The zero-order valence-electron chi connectivity index (χ0n) is 17.2. The number of alkyl carbamates (subject to hydrolysis) is 1. The molecule has 0 bridgehead atoms. The molecule has 1 aromatic heterocycles. The minimum atomic E-state index is -3.61. The number of amides is 3. The van der Waals surface area contributed by atoms with Crippen molar-refractivity contribution >= 4 is 44.3 Å². The predicted molar refractivity (Wildman–Crippen MR) is 114 cm³/mol. The topological polar surface area (TPSA) is 122 Å². The third-order valence-electron chi connectivity index (χ3n) is 4.23. The van der Waals surface area contributed by atoms with E-state index in [0.29, 0.717) is 5.56 Å². The number of hydrogen-bond acceptors (Lipinski definition) is 7. The lowest BCUT2D eigenvalue weighted by molar-refractivity contribution is 0.0925. The summed E-state index contributed by atoms with van der Waals surface area (Å²) in [6.07, 6.45) is -0.874. The molecule has 0 aliphatic carbocycles. The Labute approximate surface area is 179 Å². The number of ether oxygens (including phenoxy) is 1. The fourth-order valence-corrected chi connectivity index (χ4v) is 4.43. The molecule has 11 heteroatoms. The van der Waals surface area contributed by atoms with Crippen LogP contribution in [0.5, 0.6) is 0 Å². The van der Waals surface area contributed by atoms with Gasteiger partial charge >= 0.3 is 6.09 Å². The quantitative estimate of drug-likeness (QED) is 0.694. The van der Waals surface area contributed by atoms with Crippen LogP contribution in [0.25, 0.3) is 0 Å². The molecule has 2 N–H and O–H groups in total. The average Bonchev–Trinajstić information content (AvgIpc) is 2.95. The lowest BCUT2D eigenvalue weighted by Crippen LogP contribution is -2.32. The molecule has 0 unspecified atom stereocenters. The summed E-state index contributed by atoms with van der Waals surface area (Å²) < 4.78 is 30.1. The van der Waals surface area contributed by atoms with Gasteiger partial charge in [0, 0.05) is 24.5 Å². The second-order valence-electron chi connectivity index (χ2n) is 6.43. The maximum absolute atomic E-state index is 12.6. The van der Waals surface area contributed by atoms with Gasteiger partial charge in [-0.1, -0.05) is 0 Å². The first-order valence-electron chi connectivity index (χ1n) is 8.91. The van der Waals surface area contributed by atoms with Crippen molar-refractivity contribution in [1.82, 2.24) is 9.62 Å². The molecule has 0 fully saturated rings. The molecular formula is C19H23N3O6S2. The third kappa shape index (κ3) is 5.04. The summed E-state index contributed by atoms with van der Waals surface area (Å²) in [6, 6.07) is 5.45. The van der Waals surface area contributed by atoms with Gasteiger partial charge in [-0.3, -0.25) is 14.9 Å². The van der Waals surface area contributed by atoms with E-state index in [1.165, 1.54) is 49.7 Å². The van der Waals surface area contributed by atoms with E-state index >= 15 is 0 Å². The summed E-state index contributed by atoms with van der Waals surface area (Å²) in [6.45, 7) is 5.23. The number of rotatable bonds is 6. The molecule has 9 nitrogen and oxygen atoms in total. The van der Waals surface area contributed by atoms with Crippen molar-refractivity contribution in [3.05, 3.63) is 45.8 Å². The van der Waals surface area contributed by atoms with Crippen molar-refractivity contribution in [3.8, 4) is 0 Å². The van der Waals surface area contributed by atoms with E-state index < -0.39 is 27.9 Å². The molecule has 0 radical (unpaired) electrons. The average molecular weight is 454 g/mol. The zero-order chi connectivity index (χ0) is 22.6. The van der Waals surface area contributed by atoms with Crippen LogP contribution in [-0.2, 0) is 14.8 Å². The van der Waals surface area contributed by atoms with Crippen LogP contribution in [0.15, 0.2) is 29.2 Å². The highest BCUT2D eigenvalue weighted by molar-refractivity contribution is 7.89. The number of carbonyl (C=O) groups excluding carboxylic acids is 3. The summed E-state index contributed by atoms with van der Waals surface area (Å²) in [4.78, 5) is 37.6. The Bertz CT molecular complexity index is 1070. The summed E-state index contributed by atoms with van der Waals surface area (Å²) in [5.41, 5.74) is 1.02. The number of nitrogens with one attached hydrogen (secondary N) is 2. The number of imide groups is 1. The normalized spacial score (nSPS) is 11.3. The minimum Gasteiger partial charge on any atom is -0.450 e.